The third-order valence-corrected chi connectivity index (χ3v) is 1.70. The first-order valence-electron chi connectivity index (χ1n) is 4.18. The van der Waals surface area contributed by atoms with Crippen molar-refractivity contribution >= 4 is 17.3 Å². The number of rotatable bonds is 3. The van der Waals surface area contributed by atoms with E-state index in [1.165, 1.54) is 12.1 Å². The number of nitrogens with one attached hydrogen (secondary N) is 1. The quantitative estimate of drug-likeness (QED) is 0.590. The van der Waals surface area contributed by atoms with Gasteiger partial charge in [0.05, 0.1) is 4.92 Å². The summed E-state index contributed by atoms with van der Waals surface area (Å²) in [5, 5.41) is 13.0. The Balaban J connectivity index is 2.95. The highest BCUT2D eigenvalue weighted by atomic mass is 16.6. The summed E-state index contributed by atoms with van der Waals surface area (Å²) in [6.07, 6.45) is 0.298. The molecule has 0 aliphatic carbocycles. The number of benzene rings is 1. The van der Waals surface area contributed by atoms with Crippen LogP contribution in [0.5, 0.6) is 0 Å². The highest BCUT2D eigenvalue weighted by Gasteiger charge is 2.13. The minimum atomic E-state index is -0.523. The number of nitrogens with zero attached hydrogens (tertiary/aromatic N) is 1. The van der Waals surface area contributed by atoms with Crippen LogP contribution in [0.2, 0.25) is 0 Å². The Bertz CT molecular complexity index is 363. The number of carbonyl (C=O) groups is 1. The van der Waals surface area contributed by atoms with Crippen molar-refractivity contribution in [3.05, 3.63) is 34.4 Å². The van der Waals surface area contributed by atoms with Crippen LogP contribution in [0.25, 0.3) is 0 Å². The number of carbonyl (C=O) groups excluding carboxylic acids is 1. The van der Waals surface area contributed by atoms with Gasteiger partial charge in [-0.3, -0.25) is 14.9 Å². The summed E-state index contributed by atoms with van der Waals surface area (Å²) in [5.74, 6) is -0.237. The van der Waals surface area contributed by atoms with E-state index in [2.05, 4.69) is 5.32 Å². The molecule has 0 aromatic heterocycles. The maximum Gasteiger partial charge on any atom is 0.292 e. The topological polar surface area (TPSA) is 72.2 Å². The summed E-state index contributed by atoms with van der Waals surface area (Å²) in [4.78, 5) is 21.0. The lowest BCUT2D eigenvalue weighted by Crippen LogP contribution is -2.10. The SMILES string of the molecule is CCC(=O)Nc1ccccc1[N+](=O)[O-]. The van der Waals surface area contributed by atoms with Crippen molar-refractivity contribution in [2.45, 2.75) is 13.3 Å². The zero-order valence-electron chi connectivity index (χ0n) is 7.69. The van der Waals surface area contributed by atoms with Crippen LogP contribution in [-0.4, -0.2) is 10.8 Å². The summed E-state index contributed by atoms with van der Waals surface area (Å²) >= 11 is 0. The van der Waals surface area contributed by atoms with Crippen molar-refractivity contribution in [3.8, 4) is 0 Å². The first-order chi connectivity index (χ1) is 6.65. The molecule has 0 bridgehead atoms. The van der Waals surface area contributed by atoms with Gasteiger partial charge in [0, 0.05) is 12.5 Å². The molecule has 1 amide bonds. The van der Waals surface area contributed by atoms with Gasteiger partial charge in [-0.25, -0.2) is 0 Å². The maximum absolute atomic E-state index is 11.0. The fourth-order valence-corrected chi connectivity index (χ4v) is 0.977. The second-order valence-electron chi connectivity index (χ2n) is 2.68. The van der Waals surface area contributed by atoms with Gasteiger partial charge in [-0.05, 0) is 6.07 Å². The van der Waals surface area contributed by atoms with Gasteiger partial charge < -0.3 is 5.32 Å². The normalized spacial score (nSPS) is 9.50. The molecule has 74 valence electrons. The van der Waals surface area contributed by atoms with Gasteiger partial charge in [-0.2, -0.15) is 0 Å². The zero-order valence-corrected chi connectivity index (χ0v) is 7.69. The monoisotopic (exact) mass is 194 g/mol. The lowest BCUT2D eigenvalue weighted by atomic mass is 10.2. The van der Waals surface area contributed by atoms with E-state index in [1.807, 2.05) is 0 Å². The van der Waals surface area contributed by atoms with E-state index in [0.717, 1.165) is 0 Å². The predicted octanol–water partition coefficient (Wildman–Crippen LogP) is 1.94. The molecule has 0 aliphatic rings. The van der Waals surface area contributed by atoms with Crippen molar-refractivity contribution < 1.29 is 9.72 Å². The maximum atomic E-state index is 11.0. The van der Waals surface area contributed by atoms with Crippen LogP contribution in [0.3, 0.4) is 0 Å². The van der Waals surface area contributed by atoms with Gasteiger partial charge >= 0.3 is 0 Å². The van der Waals surface area contributed by atoms with Crippen molar-refractivity contribution in [1.82, 2.24) is 0 Å². The van der Waals surface area contributed by atoms with E-state index < -0.39 is 4.92 Å². The molecule has 0 atom stereocenters. The molecule has 1 N–H and O–H groups in total. The Kier molecular flexibility index (Phi) is 3.17. The lowest BCUT2D eigenvalue weighted by molar-refractivity contribution is -0.383. The molecule has 0 aliphatic heterocycles. The fraction of sp³-hybridized carbons (Fsp3) is 0.222. The summed E-state index contributed by atoms with van der Waals surface area (Å²) in [7, 11) is 0. The highest BCUT2D eigenvalue weighted by molar-refractivity contribution is 5.92. The Hall–Kier alpha value is -1.91. The molecule has 0 unspecified atom stereocenters. The van der Waals surface area contributed by atoms with Crippen LogP contribution in [0, 0.1) is 10.1 Å². The van der Waals surface area contributed by atoms with E-state index in [4.69, 9.17) is 0 Å². The molecule has 5 heteroatoms. The summed E-state index contributed by atoms with van der Waals surface area (Å²) in [6.45, 7) is 1.68. The second-order valence-corrected chi connectivity index (χ2v) is 2.68. The number of para-hydroxylation sites is 2. The molecule has 0 radical (unpaired) electrons. The van der Waals surface area contributed by atoms with Crippen molar-refractivity contribution in [3.63, 3.8) is 0 Å². The Morgan fingerprint density at radius 3 is 2.71 bits per heavy atom. The molecule has 1 aromatic rings. The lowest BCUT2D eigenvalue weighted by Gasteiger charge is -2.03. The zero-order chi connectivity index (χ0) is 10.6. The van der Waals surface area contributed by atoms with Crippen molar-refractivity contribution in [1.29, 1.82) is 0 Å². The summed E-state index contributed by atoms with van der Waals surface area (Å²) in [6, 6.07) is 6.05. The van der Waals surface area contributed by atoms with Crippen LogP contribution in [0.1, 0.15) is 13.3 Å². The second kappa shape index (κ2) is 4.36. The average molecular weight is 194 g/mol. The van der Waals surface area contributed by atoms with Crippen LogP contribution in [-0.2, 0) is 4.79 Å². The van der Waals surface area contributed by atoms with Crippen molar-refractivity contribution in [2.75, 3.05) is 5.32 Å². The molecule has 14 heavy (non-hydrogen) atoms. The molecule has 0 saturated heterocycles. The largest absolute Gasteiger partial charge is 0.320 e. The molecular formula is C9H10N2O3. The number of anilines is 1. The van der Waals surface area contributed by atoms with Gasteiger partial charge in [-0.15, -0.1) is 0 Å². The first kappa shape index (κ1) is 10.2. The summed E-state index contributed by atoms with van der Waals surface area (Å²) in [5.41, 5.74) is 0.152. The van der Waals surface area contributed by atoms with E-state index >= 15 is 0 Å². The minimum Gasteiger partial charge on any atom is -0.320 e. The van der Waals surface area contributed by atoms with E-state index in [9.17, 15) is 14.9 Å². The molecule has 1 aromatic carbocycles. The van der Waals surface area contributed by atoms with Gasteiger partial charge in [0.15, 0.2) is 0 Å². The standard InChI is InChI=1S/C9H10N2O3/c1-2-9(12)10-7-5-3-4-6-8(7)11(13)14/h3-6H,2H2,1H3,(H,10,12). The summed E-state index contributed by atoms with van der Waals surface area (Å²) < 4.78 is 0. The molecule has 0 spiro atoms. The van der Waals surface area contributed by atoms with Crippen LogP contribution >= 0.6 is 0 Å². The number of hydrogen-bond donors (Lipinski definition) is 1. The molecule has 5 nitrogen and oxygen atoms in total. The fourth-order valence-electron chi connectivity index (χ4n) is 0.977. The Morgan fingerprint density at radius 1 is 1.50 bits per heavy atom. The molecule has 0 saturated carbocycles. The number of amides is 1. The third-order valence-electron chi connectivity index (χ3n) is 1.70. The first-order valence-corrected chi connectivity index (χ1v) is 4.18. The Labute approximate surface area is 80.9 Å². The average Bonchev–Trinajstić information content (AvgIpc) is 2.18. The molecule has 1 rings (SSSR count). The van der Waals surface area contributed by atoms with E-state index in [1.54, 1.807) is 19.1 Å². The van der Waals surface area contributed by atoms with Crippen LogP contribution < -0.4 is 5.32 Å². The predicted molar refractivity (Wildman–Crippen MR) is 52.0 cm³/mol. The van der Waals surface area contributed by atoms with Crippen LogP contribution in [0.15, 0.2) is 24.3 Å². The van der Waals surface area contributed by atoms with E-state index in [0.29, 0.717) is 6.42 Å². The van der Waals surface area contributed by atoms with Gasteiger partial charge in [-0.1, -0.05) is 19.1 Å². The van der Waals surface area contributed by atoms with Crippen LogP contribution in [0.4, 0.5) is 11.4 Å². The van der Waals surface area contributed by atoms with Gasteiger partial charge in [0.1, 0.15) is 5.69 Å². The smallest absolute Gasteiger partial charge is 0.292 e. The van der Waals surface area contributed by atoms with E-state index in [-0.39, 0.29) is 17.3 Å². The minimum absolute atomic E-state index is 0.0886. The van der Waals surface area contributed by atoms with Gasteiger partial charge in [0.25, 0.3) is 5.69 Å². The Morgan fingerprint density at radius 2 is 2.14 bits per heavy atom. The van der Waals surface area contributed by atoms with Crippen molar-refractivity contribution in [2.24, 2.45) is 0 Å². The number of nitro benzene ring substituents is 1. The third kappa shape index (κ3) is 2.29. The molecule has 0 heterocycles. The molecular weight excluding hydrogens is 184 g/mol. The molecule has 0 fully saturated rings. The van der Waals surface area contributed by atoms with Gasteiger partial charge in [0.2, 0.25) is 5.91 Å². The highest BCUT2D eigenvalue weighted by Crippen LogP contribution is 2.22. The number of nitro groups is 1. The number of hydrogen-bond acceptors (Lipinski definition) is 3.